The highest BCUT2D eigenvalue weighted by Gasteiger charge is 2.70. The van der Waals surface area contributed by atoms with Crippen LogP contribution in [0.15, 0.2) is 0 Å². The number of carbonyl (C=O) groups is 2. The molecule has 4 bridgehead atoms. The van der Waals surface area contributed by atoms with Crippen molar-refractivity contribution in [2.75, 3.05) is 13.2 Å². The molecule has 10 heteroatoms. The number of hydrogen-bond acceptors (Lipinski definition) is 5. The van der Waals surface area contributed by atoms with Gasteiger partial charge in [0.25, 0.3) is 5.92 Å². The first kappa shape index (κ1) is 26.2. The van der Waals surface area contributed by atoms with Crippen molar-refractivity contribution in [2.45, 2.75) is 90.5 Å². The van der Waals surface area contributed by atoms with E-state index in [9.17, 15) is 31.5 Å². The van der Waals surface area contributed by atoms with Gasteiger partial charge >= 0.3 is 23.9 Å². The van der Waals surface area contributed by atoms with Gasteiger partial charge in [-0.1, -0.05) is 33.6 Å². The summed E-state index contributed by atoms with van der Waals surface area (Å²) in [6.07, 6.45) is -0.889. The predicted molar refractivity (Wildman–Crippen MR) is 107 cm³/mol. The van der Waals surface area contributed by atoms with E-state index in [0.717, 1.165) is 46.5 Å². The van der Waals surface area contributed by atoms with Gasteiger partial charge in [0.1, 0.15) is 6.61 Å². The summed E-state index contributed by atoms with van der Waals surface area (Å²) in [4.78, 5) is 25.9. The summed E-state index contributed by atoms with van der Waals surface area (Å²) in [5, 5.41) is 0. The van der Waals surface area contributed by atoms with Gasteiger partial charge in [-0.25, -0.2) is 13.6 Å². The molecule has 0 saturated heterocycles. The highest BCUT2D eigenvalue weighted by atomic mass is 19.4. The SMILES string of the molecule is CCOC(=O)C(OCC(F)(F)C(C)(C)C)(OC(=O)C12CC3CCC(CC(C3)C1)C2)C(F)(F)F. The minimum Gasteiger partial charge on any atom is -0.461 e. The molecule has 0 aromatic heterocycles. The first-order valence-corrected chi connectivity index (χ1v) is 11.5. The quantitative estimate of drug-likeness (QED) is 0.265. The lowest BCUT2D eigenvalue weighted by atomic mass is 9.58. The average molecular weight is 485 g/mol. The number of alkyl halides is 5. The molecule has 0 spiro atoms. The van der Waals surface area contributed by atoms with E-state index >= 15 is 0 Å². The van der Waals surface area contributed by atoms with Gasteiger partial charge in [-0.2, -0.15) is 13.2 Å². The summed E-state index contributed by atoms with van der Waals surface area (Å²) in [5.74, 6) is -10.7. The molecule has 3 unspecified atom stereocenters. The molecular weight excluding hydrogens is 451 g/mol. The second kappa shape index (κ2) is 8.64. The third-order valence-corrected chi connectivity index (χ3v) is 7.50. The Hall–Kier alpha value is -1.45. The van der Waals surface area contributed by atoms with Crippen molar-refractivity contribution in [3.8, 4) is 0 Å². The second-order valence-electron chi connectivity index (χ2n) is 11.0. The molecule has 4 fully saturated rings. The third kappa shape index (κ3) is 4.86. The molecule has 0 aromatic carbocycles. The van der Waals surface area contributed by atoms with E-state index in [4.69, 9.17) is 4.74 Å². The predicted octanol–water partition coefficient (Wildman–Crippen LogP) is 5.66. The maximum Gasteiger partial charge on any atom is 0.468 e. The number of halogens is 5. The zero-order chi connectivity index (χ0) is 24.9. The first-order valence-electron chi connectivity index (χ1n) is 11.5. The Kier molecular flexibility index (Phi) is 6.85. The molecule has 3 atom stereocenters. The number of rotatable bonds is 7. The smallest absolute Gasteiger partial charge is 0.461 e. The van der Waals surface area contributed by atoms with Crippen LogP contribution in [-0.4, -0.2) is 43.0 Å². The zero-order valence-corrected chi connectivity index (χ0v) is 19.5. The van der Waals surface area contributed by atoms with E-state index in [0.29, 0.717) is 19.3 Å². The lowest BCUT2D eigenvalue weighted by Gasteiger charge is -2.47. The van der Waals surface area contributed by atoms with Crippen LogP contribution >= 0.6 is 0 Å². The Morgan fingerprint density at radius 2 is 1.42 bits per heavy atom. The number of carbonyl (C=O) groups excluding carboxylic acids is 2. The molecule has 0 aliphatic heterocycles. The van der Waals surface area contributed by atoms with Crippen molar-refractivity contribution < 1.29 is 45.8 Å². The first-order chi connectivity index (χ1) is 15.1. The summed E-state index contributed by atoms with van der Waals surface area (Å²) in [6.45, 7) is 2.38. The Bertz CT molecular complexity index is 743. The molecule has 0 radical (unpaired) electrons. The Morgan fingerprint density at radius 3 is 1.88 bits per heavy atom. The monoisotopic (exact) mass is 484 g/mol. The molecule has 4 aliphatic rings. The fourth-order valence-electron chi connectivity index (χ4n) is 5.70. The van der Waals surface area contributed by atoms with E-state index in [-0.39, 0.29) is 17.8 Å². The van der Waals surface area contributed by atoms with Crippen LogP contribution in [0.4, 0.5) is 22.0 Å². The number of esters is 2. The van der Waals surface area contributed by atoms with Crippen molar-refractivity contribution in [2.24, 2.45) is 28.6 Å². The summed E-state index contributed by atoms with van der Waals surface area (Å²) in [7, 11) is 0. The topological polar surface area (TPSA) is 61.8 Å². The minimum atomic E-state index is -5.62. The van der Waals surface area contributed by atoms with Crippen LogP contribution in [0.5, 0.6) is 0 Å². The summed E-state index contributed by atoms with van der Waals surface area (Å²) in [5.41, 5.74) is -2.94. The van der Waals surface area contributed by atoms with Gasteiger partial charge < -0.3 is 14.2 Å². The minimum absolute atomic E-state index is 0.192. The van der Waals surface area contributed by atoms with Crippen molar-refractivity contribution in [3.63, 3.8) is 0 Å². The molecule has 0 heterocycles. The molecule has 5 nitrogen and oxygen atoms in total. The van der Waals surface area contributed by atoms with Gasteiger partial charge in [0, 0.05) is 5.41 Å². The Labute approximate surface area is 190 Å². The fraction of sp³-hybridized carbons (Fsp3) is 0.913. The van der Waals surface area contributed by atoms with Gasteiger partial charge in [0.2, 0.25) is 0 Å². The van der Waals surface area contributed by atoms with E-state index in [1.165, 1.54) is 6.92 Å². The highest BCUT2D eigenvalue weighted by Crippen LogP contribution is 2.59. The van der Waals surface area contributed by atoms with Crippen LogP contribution in [0.2, 0.25) is 0 Å². The lowest BCUT2D eigenvalue weighted by Crippen LogP contribution is -2.61. The van der Waals surface area contributed by atoms with Crippen molar-refractivity contribution >= 4 is 11.9 Å². The standard InChI is InChI=1S/C23H33F5O5/c1-5-31-18(30)22(23(26,27)28,32-13-21(24,25)19(2,3)4)33-17(29)20-10-14-6-7-15(11-20)9-16(8-14)12-20/h14-16H,5-13H2,1-4H3. The van der Waals surface area contributed by atoms with E-state index in [1.54, 1.807) is 0 Å². The normalized spacial score (nSPS) is 31.6. The van der Waals surface area contributed by atoms with Crippen molar-refractivity contribution in [1.82, 2.24) is 0 Å². The maximum absolute atomic E-state index is 14.5. The number of hydrogen-bond donors (Lipinski definition) is 0. The zero-order valence-electron chi connectivity index (χ0n) is 19.5. The number of ether oxygens (including phenoxy) is 3. The van der Waals surface area contributed by atoms with Gasteiger partial charge in [-0.15, -0.1) is 0 Å². The molecular formula is C23H33F5O5. The van der Waals surface area contributed by atoms with E-state index < -0.39 is 53.9 Å². The molecule has 4 saturated carbocycles. The van der Waals surface area contributed by atoms with E-state index in [1.807, 2.05) is 0 Å². The average Bonchev–Trinajstić information content (AvgIpc) is 2.88. The lowest BCUT2D eigenvalue weighted by molar-refractivity contribution is -0.369. The molecule has 0 N–H and O–H groups in total. The van der Waals surface area contributed by atoms with Gasteiger partial charge in [0.05, 0.1) is 12.0 Å². The van der Waals surface area contributed by atoms with Crippen LogP contribution in [0.1, 0.15) is 72.6 Å². The van der Waals surface area contributed by atoms with Crippen LogP contribution in [0, 0.1) is 28.6 Å². The third-order valence-electron chi connectivity index (χ3n) is 7.50. The molecule has 190 valence electrons. The van der Waals surface area contributed by atoms with Crippen LogP contribution in [0.25, 0.3) is 0 Å². The second-order valence-corrected chi connectivity index (χ2v) is 11.0. The van der Waals surface area contributed by atoms with Crippen molar-refractivity contribution in [1.29, 1.82) is 0 Å². The summed E-state index contributed by atoms with van der Waals surface area (Å²) < 4.78 is 85.9. The molecule has 0 amide bonds. The number of fused-ring (bicyclic) bond motifs is 1. The largest absolute Gasteiger partial charge is 0.468 e. The molecule has 4 aliphatic carbocycles. The summed E-state index contributed by atoms with van der Waals surface area (Å²) in [6, 6.07) is 0. The highest BCUT2D eigenvalue weighted by molar-refractivity contribution is 5.85. The van der Waals surface area contributed by atoms with Gasteiger partial charge in [-0.05, 0) is 56.8 Å². The fourth-order valence-corrected chi connectivity index (χ4v) is 5.70. The molecule has 33 heavy (non-hydrogen) atoms. The summed E-state index contributed by atoms with van der Waals surface area (Å²) >= 11 is 0. The van der Waals surface area contributed by atoms with Crippen LogP contribution in [-0.2, 0) is 23.8 Å². The molecule has 0 aromatic rings. The molecule has 4 rings (SSSR count). The Balaban J connectivity index is 1.95. The van der Waals surface area contributed by atoms with Gasteiger partial charge in [0.15, 0.2) is 0 Å². The van der Waals surface area contributed by atoms with Gasteiger partial charge in [-0.3, -0.25) is 4.79 Å². The van der Waals surface area contributed by atoms with Crippen LogP contribution < -0.4 is 0 Å². The van der Waals surface area contributed by atoms with E-state index in [2.05, 4.69) is 9.47 Å². The van der Waals surface area contributed by atoms with Crippen LogP contribution in [0.3, 0.4) is 0 Å². The Morgan fingerprint density at radius 1 is 0.909 bits per heavy atom. The van der Waals surface area contributed by atoms with Crippen molar-refractivity contribution in [3.05, 3.63) is 0 Å². The maximum atomic E-state index is 14.5.